The first-order chi connectivity index (χ1) is 10.6. The second kappa shape index (κ2) is 8.07. The van der Waals surface area contributed by atoms with E-state index in [1.54, 1.807) is 12.1 Å². The molecule has 3 N–H and O–H groups in total. The molecule has 7 heteroatoms. The number of nitrogens with one attached hydrogen (secondary N) is 1. The number of para-hydroxylation sites is 1. The molecule has 1 aliphatic heterocycles. The summed E-state index contributed by atoms with van der Waals surface area (Å²) in [7, 11) is 0. The van der Waals surface area contributed by atoms with Crippen LogP contribution in [-0.4, -0.2) is 54.7 Å². The number of halogens is 1. The number of hydrogen-bond donors (Lipinski definition) is 3. The number of ether oxygens (including phenoxy) is 2. The molecule has 0 saturated carbocycles. The van der Waals surface area contributed by atoms with Crippen LogP contribution >= 0.6 is 0 Å². The van der Waals surface area contributed by atoms with Crippen LogP contribution in [0, 0.1) is 11.7 Å². The normalized spacial score (nSPS) is 24.8. The van der Waals surface area contributed by atoms with E-state index in [1.165, 1.54) is 12.1 Å². The summed E-state index contributed by atoms with van der Waals surface area (Å²) in [4.78, 5) is 11.7. The zero-order valence-electron chi connectivity index (χ0n) is 12.1. The molecule has 1 saturated heterocycles. The molecule has 1 amide bonds. The molecule has 0 radical (unpaired) electrons. The fourth-order valence-corrected chi connectivity index (χ4v) is 2.18. The topological polar surface area (TPSA) is 88.0 Å². The minimum absolute atomic E-state index is 0.0547. The largest absolute Gasteiger partial charge is 0.490 e. The van der Waals surface area contributed by atoms with E-state index in [9.17, 15) is 19.4 Å². The van der Waals surface area contributed by atoms with Crippen molar-refractivity contribution >= 4 is 5.91 Å². The Labute approximate surface area is 127 Å². The van der Waals surface area contributed by atoms with Crippen LogP contribution in [0.4, 0.5) is 4.39 Å². The fourth-order valence-electron chi connectivity index (χ4n) is 2.18. The molecule has 0 bridgehead atoms. The number of carbonyl (C=O) groups excluding carboxylic acids is 1. The Morgan fingerprint density at radius 2 is 2.14 bits per heavy atom. The summed E-state index contributed by atoms with van der Waals surface area (Å²) in [6, 6.07) is 5.98. The minimum atomic E-state index is -0.931. The van der Waals surface area contributed by atoms with Crippen LogP contribution in [0.25, 0.3) is 0 Å². The van der Waals surface area contributed by atoms with Crippen LogP contribution in [0.2, 0.25) is 0 Å². The van der Waals surface area contributed by atoms with E-state index in [0.29, 0.717) is 0 Å². The first-order valence-corrected chi connectivity index (χ1v) is 7.16. The average Bonchev–Trinajstić information content (AvgIpc) is 2.51. The highest BCUT2D eigenvalue weighted by molar-refractivity contribution is 5.76. The zero-order valence-corrected chi connectivity index (χ0v) is 12.1. The summed E-state index contributed by atoms with van der Waals surface area (Å²) in [5, 5.41) is 21.9. The molecule has 1 heterocycles. The van der Waals surface area contributed by atoms with E-state index in [4.69, 9.17) is 9.47 Å². The summed E-state index contributed by atoms with van der Waals surface area (Å²) in [5.74, 6) is -0.988. The van der Waals surface area contributed by atoms with Crippen LogP contribution < -0.4 is 10.1 Å². The first-order valence-electron chi connectivity index (χ1n) is 7.16. The smallest absolute Gasteiger partial charge is 0.223 e. The van der Waals surface area contributed by atoms with Gasteiger partial charge in [0.1, 0.15) is 6.10 Å². The second-order valence-electron chi connectivity index (χ2n) is 5.19. The molecule has 1 fully saturated rings. The monoisotopic (exact) mass is 313 g/mol. The third kappa shape index (κ3) is 4.66. The Balaban J connectivity index is 1.67. The van der Waals surface area contributed by atoms with Crippen LogP contribution in [-0.2, 0) is 9.53 Å². The van der Waals surface area contributed by atoms with Crippen molar-refractivity contribution in [1.82, 2.24) is 5.32 Å². The Hall–Kier alpha value is -1.70. The Morgan fingerprint density at radius 3 is 2.91 bits per heavy atom. The van der Waals surface area contributed by atoms with Gasteiger partial charge < -0.3 is 25.0 Å². The van der Waals surface area contributed by atoms with Crippen molar-refractivity contribution in [2.75, 3.05) is 26.4 Å². The molecule has 1 aromatic carbocycles. The van der Waals surface area contributed by atoms with Crippen LogP contribution in [0.15, 0.2) is 24.3 Å². The van der Waals surface area contributed by atoms with E-state index < -0.39 is 18.0 Å². The SMILES string of the molecule is O=C(CCOc1ccccc1F)NC[C@@H]1COC[C@@H](O)[C@H]1O. The molecule has 22 heavy (non-hydrogen) atoms. The number of aliphatic hydroxyl groups excluding tert-OH is 2. The molecule has 0 unspecified atom stereocenters. The quantitative estimate of drug-likeness (QED) is 0.692. The highest BCUT2D eigenvalue weighted by Crippen LogP contribution is 2.16. The zero-order chi connectivity index (χ0) is 15.9. The lowest BCUT2D eigenvalue weighted by molar-refractivity contribution is -0.128. The standard InChI is InChI=1S/C15H20FNO5/c16-11-3-1-2-4-13(11)22-6-5-14(19)17-7-10-8-21-9-12(18)15(10)20/h1-4,10,12,15,18,20H,5-9H2,(H,17,19)/t10-,12-,15+/m1/s1. The van der Waals surface area contributed by atoms with Crippen molar-refractivity contribution in [2.45, 2.75) is 18.6 Å². The van der Waals surface area contributed by atoms with Gasteiger partial charge in [0, 0.05) is 12.5 Å². The number of amides is 1. The Morgan fingerprint density at radius 1 is 1.36 bits per heavy atom. The van der Waals surface area contributed by atoms with Gasteiger partial charge in [-0.3, -0.25) is 4.79 Å². The van der Waals surface area contributed by atoms with E-state index >= 15 is 0 Å². The summed E-state index contributed by atoms with van der Waals surface area (Å²) in [6.45, 7) is 0.641. The predicted molar refractivity (Wildman–Crippen MR) is 75.8 cm³/mol. The third-order valence-corrected chi connectivity index (χ3v) is 3.48. The molecular weight excluding hydrogens is 293 g/mol. The van der Waals surface area contributed by atoms with Crippen LogP contribution in [0.3, 0.4) is 0 Å². The molecule has 2 rings (SSSR count). The van der Waals surface area contributed by atoms with Gasteiger partial charge in [0.25, 0.3) is 0 Å². The molecular formula is C15H20FNO5. The second-order valence-corrected chi connectivity index (χ2v) is 5.19. The molecule has 1 aliphatic rings. The van der Waals surface area contributed by atoms with E-state index in [1.807, 2.05) is 0 Å². The number of carbonyl (C=O) groups is 1. The highest BCUT2D eigenvalue weighted by atomic mass is 19.1. The van der Waals surface area contributed by atoms with Gasteiger partial charge >= 0.3 is 0 Å². The number of hydrogen-bond acceptors (Lipinski definition) is 5. The maximum absolute atomic E-state index is 13.3. The van der Waals surface area contributed by atoms with E-state index in [0.717, 1.165) is 0 Å². The molecule has 122 valence electrons. The van der Waals surface area contributed by atoms with E-state index in [-0.39, 0.29) is 50.4 Å². The van der Waals surface area contributed by atoms with Crippen molar-refractivity contribution in [3.05, 3.63) is 30.1 Å². The lowest BCUT2D eigenvalue weighted by atomic mass is 9.96. The maximum Gasteiger partial charge on any atom is 0.223 e. The fraction of sp³-hybridized carbons (Fsp3) is 0.533. The summed E-state index contributed by atoms with van der Waals surface area (Å²) in [6.07, 6.45) is -1.77. The van der Waals surface area contributed by atoms with Gasteiger partial charge in [0.05, 0.1) is 32.3 Å². The lowest BCUT2D eigenvalue weighted by Crippen LogP contribution is -2.48. The van der Waals surface area contributed by atoms with Crippen LogP contribution in [0.5, 0.6) is 5.75 Å². The van der Waals surface area contributed by atoms with E-state index in [2.05, 4.69) is 5.32 Å². The number of benzene rings is 1. The molecule has 1 aromatic rings. The van der Waals surface area contributed by atoms with Gasteiger partial charge in [-0.05, 0) is 12.1 Å². The van der Waals surface area contributed by atoms with Gasteiger partial charge in [0.15, 0.2) is 11.6 Å². The van der Waals surface area contributed by atoms with Gasteiger partial charge in [0.2, 0.25) is 5.91 Å². The number of aliphatic hydroxyl groups is 2. The summed E-state index contributed by atoms with van der Waals surface area (Å²) in [5.41, 5.74) is 0. The Bertz CT molecular complexity index is 499. The average molecular weight is 313 g/mol. The number of rotatable bonds is 6. The van der Waals surface area contributed by atoms with Crippen molar-refractivity contribution in [2.24, 2.45) is 5.92 Å². The van der Waals surface area contributed by atoms with Crippen LogP contribution in [0.1, 0.15) is 6.42 Å². The highest BCUT2D eigenvalue weighted by Gasteiger charge is 2.31. The van der Waals surface area contributed by atoms with Gasteiger partial charge in [-0.25, -0.2) is 4.39 Å². The van der Waals surface area contributed by atoms with Crippen molar-refractivity contribution in [1.29, 1.82) is 0 Å². The van der Waals surface area contributed by atoms with Gasteiger partial charge in [-0.15, -0.1) is 0 Å². The predicted octanol–water partition coefficient (Wildman–Crippen LogP) is 0.0790. The summed E-state index contributed by atoms with van der Waals surface area (Å²) < 4.78 is 23.6. The third-order valence-electron chi connectivity index (χ3n) is 3.48. The van der Waals surface area contributed by atoms with Gasteiger partial charge in [-0.2, -0.15) is 0 Å². The molecule has 0 aliphatic carbocycles. The molecule has 3 atom stereocenters. The first kappa shape index (κ1) is 16.7. The molecule has 0 aromatic heterocycles. The molecule has 6 nitrogen and oxygen atoms in total. The van der Waals surface area contributed by atoms with Crippen molar-refractivity contribution < 1.29 is 28.9 Å². The Kier molecular flexibility index (Phi) is 6.11. The summed E-state index contributed by atoms with van der Waals surface area (Å²) >= 11 is 0. The van der Waals surface area contributed by atoms with Crippen molar-refractivity contribution in [3.8, 4) is 5.75 Å². The van der Waals surface area contributed by atoms with Gasteiger partial charge in [-0.1, -0.05) is 12.1 Å². The minimum Gasteiger partial charge on any atom is -0.490 e. The molecule has 0 spiro atoms. The van der Waals surface area contributed by atoms with Crippen molar-refractivity contribution in [3.63, 3.8) is 0 Å². The lowest BCUT2D eigenvalue weighted by Gasteiger charge is -2.31. The maximum atomic E-state index is 13.3.